The van der Waals surface area contributed by atoms with E-state index in [-0.39, 0.29) is 5.56 Å². The summed E-state index contributed by atoms with van der Waals surface area (Å²) < 4.78 is 27.2. The van der Waals surface area contributed by atoms with Gasteiger partial charge in [-0.05, 0) is 61.9 Å². The molecule has 3 aromatic rings. The van der Waals surface area contributed by atoms with Crippen LogP contribution in [0.2, 0.25) is 6.82 Å². The Hall–Kier alpha value is -3.30. The number of aryl methyl sites for hydroxylation is 1. The number of hydrogen-bond acceptors (Lipinski definition) is 0. The first-order chi connectivity index (χ1) is 13.5. The number of halogens is 2. The van der Waals surface area contributed by atoms with E-state index in [2.05, 4.69) is 37.0 Å². The second kappa shape index (κ2) is 8.60. The highest BCUT2D eigenvalue weighted by molar-refractivity contribution is 6.51. The first kappa shape index (κ1) is 19.5. The van der Waals surface area contributed by atoms with Crippen LogP contribution in [0.1, 0.15) is 33.4 Å². The molecule has 0 saturated heterocycles. The third-order valence-electron chi connectivity index (χ3n) is 4.44. The Morgan fingerprint density at radius 1 is 0.679 bits per heavy atom. The van der Waals surface area contributed by atoms with Crippen LogP contribution in [0.25, 0.3) is 0 Å². The molecule has 0 saturated carbocycles. The first-order valence-corrected chi connectivity index (χ1v) is 8.96. The molecule has 0 heterocycles. The monoisotopic (exact) mass is 367 g/mol. The van der Waals surface area contributed by atoms with E-state index in [0.717, 1.165) is 22.3 Å². The van der Waals surface area contributed by atoms with Gasteiger partial charge in [-0.2, -0.15) is 0 Å². The molecule has 3 rings (SSSR count). The summed E-state index contributed by atoms with van der Waals surface area (Å²) in [6.45, 7) is 5.46. The smallest absolute Gasteiger partial charge is 0.148 e. The minimum absolute atomic E-state index is 0.00572. The molecule has 3 aromatic carbocycles. The minimum Gasteiger partial charge on any atom is -0.207 e. The van der Waals surface area contributed by atoms with E-state index in [1.54, 1.807) is 0 Å². The maximum absolute atomic E-state index is 13.6. The van der Waals surface area contributed by atoms with Crippen LogP contribution >= 0.6 is 0 Å². The number of benzene rings is 3. The van der Waals surface area contributed by atoms with Crippen molar-refractivity contribution >= 4 is 12.7 Å². The van der Waals surface area contributed by atoms with Gasteiger partial charge in [0, 0.05) is 27.8 Å². The van der Waals surface area contributed by atoms with Gasteiger partial charge in [0.15, 0.2) is 0 Å². The second-order valence-corrected chi connectivity index (χ2v) is 6.51. The van der Waals surface area contributed by atoms with Crippen LogP contribution < -0.4 is 5.46 Å². The van der Waals surface area contributed by atoms with E-state index in [1.807, 2.05) is 50.1 Å². The van der Waals surface area contributed by atoms with E-state index in [1.165, 1.54) is 24.5 Å². The van der Waals surface area contributed by atoms with Crippen molar-refractivity contribution in [3.8, 4) is 23.7 Å². The number of hydrogen-bond donors (Lipinski definition) is 0. The lowest BCUT2D eigenvalue weighted by atomic mass is 9.72. The van der Waals surface area contributed by atoms with Crippen LogP contribution in [0.5, 0.6) is 0 Å². The van der Waals surface area contributed by atoms with Crippen molar-refractivity contribution < 1.29 is 8.78 Å². The van der Waals surface area contributed by atoms with E-state index in [9.17, 15) is 8.78 Å². The van der Waals surface area contributed by atoms with Crippen molar-refractivity contribution in [1.82, 2.24) is 0 Å². The zero-order valence-corrected chi connectivity index (χ0v) is 16.0. The normalized spacial score (nSPS) is 9.75. The summed E-state index contributed by atoms with van der Waals surface area (Å²) in [5, 5.41) is 0. The molecule has 135 valence electrons. The maximum atomic E-state index is 13.6. The molecule has 1 radical (unpaired) electrons. The van der Waals surface area contributed by atoms with Crippen molar-refractivity contribution in [2.24, 2.45) is 0 Å². The summed E-state index contributed by atoms with van der Waals surface area (Å²) in [6.07, 6.45) is 0. The van der Waals surface area contributed by atoms with Crippen LogP contribution in [0.4, 0.5) is 8.78 Å². The average molecular weight is 367 g/mol. The Kier molecular flexibility index (Phi) is 5.98. The van der Waals surface area contributed by atoms with Crippen LogP contribution in [-0.2, 0) is 0 Å². The Labute approximate surface area is 165 Å². The standard InChI is InChI=1S/C25H18BF2/c1-17-14-23(26-3)13-12-22(17)11-10-20-6-4-19(5-7-20)8-9-21-15-24(27)18(2)25(28)16-21/h4-7,12-16H,1-3H3. The molecule has 0 aromatic heterocycles. The first-order valence-electron chi connectivity index (χ1n) is 8.96. The topological polar surface area (TPSA) is 0 Å². The van der Waals surface area contributed by atoms with Crippen LogP contribution in [0, 0.1) is 49.2 Å². The summed E-state index contributed by atoms with van der Waals surface area (Å²) in [4.78, 5) is 0. The molecule has 0 aliphatic heterocycles. The van der Waals surface area contributed by atoms with Gasteiger partial charge in [-0.25, -0.2) is 8.78 Å². The van der Waals surface area contributed by atoms with E-state index in [0.29, 0.717) is 5.56 Å². The zero-order chi connectivity index (χ0) is 20.1. The highest BCUT2D eigenvalue weighted by Gasteiger charge is 2.05. The molecule has 0 spiro atoms. The largest absolute Gasteiger partial charge is 0.207 e. The molecule has 0 unspecified atom stereocenters. The highest BCUT2D eigenvalue weighted by atomic mass is 19.1. The molecule has 0 aliphatic carbocycles. The maximum Gasteiger partial charge on any atom is 0.148 e. The molecule has 0 N–H and O–H groups in total. The molecule has 28 heavy (non-hydrogen) atoms. The fourth-order valence-corrected chi connectivity index (χ4v) is 2.64. The predicted octanol–water partition coefficient (Wildman–Crippen LogP) is 4.76. The third-order valence-corrected chi connectivity index (χ3v) is 4.44. The van der Waals surface area contributed by atoms with Crippen LogP contribution in [0.15, 0.2) is 54.6 Å². The summed E-state index contributed by atoms with van der Waals surface area (Å²) in [7, 11) is 2.06. The SMILES string of the molecule is C[B]c1ccc(C#Cc2ccc(C#Cc3cc(F)c(C)c(F)c3)cc2)c(C)c1. The van der Waals surface area contributed by atoms with Crippen LogP contribution in [-0.4, -0.2) is 7.28 Å². The van der Waals surface area contributed by atoms with E-state index < -0.39 is 11.6 Å². The third kappa shape index (κ3) is 4.70. The van der Waals surface area contributed by atoms with Gasteiger partial charge in [-0.1, -0.05) is 48.1 Å². The fraction of sp³-hybridized carbons (Fsp3) is 0.120. The lowest BCUT2D eigenvalue weighted by Gasteiger charge is -2.01. The second-order valence-electron chi connectivity index (χ2n) is 6.51. The predicted molar refractivity (Wildman–Crippen MR) is 112 cm³/mol. The lowest BCUT2D eigenvalue weighted by Crippen LogP contribution is -2.10. The fourth-order valence-electron chi connectivity index (χ4n) is 2.64. The van der Waals surface area contributed by atoms with E-state index >= 15 is 0 Å². The van der Waals surface area contributed by atoms with Crippen molar-refractivity contribution in [3.05, 3.63) is 99.6 Å². The molecular formula is C25H18BF2. The summed E-state index contributed by atoms with van der Waals surface area (Å²) in [5.41, 5.74) is 5.27. The summed E-state index contributed by atoms with van der Waals surface area (Å²) >= 11 is 0. The Morgan fingerprint density at radius 3 is 1.75 bits per heavy atom. The van der Waals surface area contributed by atoms with Gasteiger partial charge in [-0.3, -0.25) is 0 Å². The van der Waals surface area contributed by atoms with Crippen molar-refractivity contribution in [1.29, 1.82) is 0 Å². The van der Waals surface area contributed by atoms with Gasteiger partial charge in [0.2, 0.25) is 0 Å². The lowest BCUT2D eigenvalue weighted by molar-refractivity contribution is 0.567. The molecule has 0 fully saturated rings. The summed E-state index contributed by atoms with van der Waals surface area (Å²) in [5.74, 6) is 10.9. The molecule has 3 heteroatoms. The van der Waals surface area contributed by atoms with Crippen molar-refractivity contribution in [3.63, 3.8) is 0 Å². The van der Waals surface area contributed by atoms with Gasteiger partial charge in [-0.15, -0.1) is 0 Å². The Bertz CT molecular complexity index is 1110. The summed E-state index contributed by atoms with van der Waals surface area (Å²) in [6, 6.07) is 16.1. The van der Waals surface area contributed by atoms with Crippen molar-refractivity contribution in [2.45, 2.75) is 20.7 Å². The highest BCUT2D eigenvalue weighted by Crippen LogP contribution is 2.13. The molecular weight excluding hydrogens is 349 g/mol. The molecule has 0 bridgehead atoms. The van der Waals surface area contributed by atoms with Gasteiger partial charge in [0.1, 0.15) is 18.9 Å². The zero-order valence-electron chi connectivity index (χ0n) is 16.0. The molecule has 0 nitrogen and oxygen atoms in total. The molecule has 0 amide bonds. The van der Waals surface area contributed by atoms with Gasteiger partial charge >= 0.3 is 0 Å². The van der Waals surface area contributed by atoms with Gasteiger partial charge in [0.05, 0.1) is 0 Å². The molecule has 0 atom stereocenters. The number of rotatable bonds is 1. The van der Waals surface area contributed by atoms with E-state index in [4.69, 9.17) is 0 Å². The average Bonchev–Trinajstić information content (AvgIpc) is 2.70. The quantitative estimate of drug-likeness (QED) is 0.430. The van der Waals surface area contributed by atoms with Crippen LogP contribution in [0.3, 0.4) is 0 Å². The van der Waals surface area contributed by atoms with Gasteiger partial charge in [0.25, 0.3) is 0 Å². The Balaban J connectivity index is 1.77. The van der Waals surface area contributed by atoms with Crippen molar-refractivity contribution in [2.75, 3.05) is 0 Å². The Morgan fingerprint density at radius 2 is 1.21 bits per heavy atom. The minimum atomic E-state index is -0.588. The molecule has 0 aliphatic rings. The van der Waals surface area contributed by atoms with Gasteiger partial charge < -0.3 is 0 Å².